The molecule has 0 radical (unpaired) electrons. The van der Waals surface area contributed by atoms with E-state index >= 15 is 0 Å². The zero-order valence-electron chi connectivity index (χ0n) is 11.4. The summed E-state index contributed by atoms with van der Waals surface area (Å²) in [6, 6.07) is 3.98. The Bertz CT molecular complexity index is 525. The summed E-state index contributed by atoms with van der Waals surface area (Å²) in [4.78, 5) is 11.7. The Labute approximate surface area is 133 Å². The number of amides is 1. The minimum absolute atomic E-state index is 0.0605. The average molecular weight is 357 g/mol. The van der Waals surface area contributed by atoms with Gasteiger partial charge in [0.25, 0.3) is 0 Å². The van der Waals surface area contributed by atoms with E-state index in [2.05, 4.69) is 27.3 Å². The maximum Gasteiger partial charge on any atom is 0.228 e. The zero-order valence-corrected chi connectivity index (χ0v) is 13.8. The molecular formula is C16H19BrClNO. The van der Waals surface area contributed by atoms with Crippen LogP contribution in [-0.2, 0) is 11.2 Å². The van der Waals surface area contributed by atoms with Crippen LogP contribution in [0, 0.1) is 5.92 Å². The molecule has 0 bridgehead atoms. The molecule has 0 aromatic heterocycles. The summed E-state index contributed by atoms with van der Waals surface area (Å²) in [5.74, 6) is 0.955. The minimum Gasteiger partial charge on any atom is -0.325 e. The molecule has 3 rings (SSSR count). The third-order valence-electron chi connectivity index (χ3n) is 4.49. The number of rotatable bonds is 4. The van der Waals surface area contributed by atoms with Gasteiger partial charge in [0.15, 0.2) is 0 Å². The molecule has 1 aromatic rings. The van der Waals surface area contributed by atoms with Crippen LogP contribution < -0.4 is 5.32 Å². The number of carbonyl (C=O) groups is 1. The molecule has 20 heavy (non-hydrogen) atoms. The van der Waals surface area contributed by atoms with Gasteiger partial charge < -0.3 is 5.32 Å². The van der Waals surface area contributed by atoms with Crippen LogP contribution in [0.2, 0.25) is 5.02 Å². The molecule has 2 nitrogen and oxygen atoms in total. The number of benzene rings is 1. The summed E-state index contributed by atoms with van der Waals surface area (Å²) in [6.45, 7) is 0. The predicted octanol–water partition coefficient (Wildman–Crippen LogP) is 5.24. The van der Waals surface area contributed by atoms with Crippen LogP contribution in [0.5, 0.6) is 0 Å². The highest BCUT2D eigenvalue weighted by molar-refractivity contribution is 9.09. The van der Waals surface area contributed by atoms with Crippen molar-refractivity contribution in [1.82, 2.24) is 0 Å². The SMILES string of the molecule is O=C1Cc2cc(C(Br)CCC3CCCC3)c(Cl)cc2N1. The molecule has 1 aromatic carbocycles. The number of anilines is 1. The second-order valence-corrected chi connectivity index (χ2v) is 7.46. The van der Waals surface area contributed by atoms with E-state index in [4.69, 9.17) is 11.6 Å². The second-order valence-electron chi connectivity index (χ2n) is 5.95. The van der Waals surface area contributed by atoms with E-state index in [1.807, 2.05) is 6.07 Å². The van der Waals surface area contributed by atoms with Crippen molar-refractivity contribution >= 4 is 39.1 Å². The van der Waals surface area contributed by atoms with Crippen LogP contribution in [0.3, 0.4) is 0 Å². The first-order valence-electron chi connectivity index (χ1n) is 7.39. The van der Waals surface area contributed by atoms with Gasteiger partial charge in [-0.15, -0.1) is 0 Å². The van der Waals surface area contributed by atoms with Gasteiger partial charge in [-0.3, -0.25) is 4.79 Å². The van der Waals surface area contributed by atoms with Crippen molar-refractivity contribution in [2.75, 3.05) is 5.32 Å². The molecule has 108 valence electrons. The van der Waals surface area contributed by atoms with E-state index in [1.165, 1.54) is 32.1 Å². The number of fused-ring (bicyclic) bond motifs is 1. The quantitative estimate of drug-likeness (QED) is 0.734. The van der Waals surface area contributed by atoms with Gasteiger partial charge in [-0.2, -0.15) is 0 Å². The van der Waals surface area contributed by atoms with Gasteiger partial charge in [0.05, 0.1) is 6.42 Å². The molecule has 1 heterocycles. The summed E-state index contributed by atoms with van der Waals surface area (Å²) in [7, 11) is 0. The molecular weight excluding hydrogens is 338 g/mol. The third-order valence-corrected chi connectivity index (χ3v) is 5.77. The van der Waals surface area contributed by atoms with Crippen LogP contribution in [0.25, 0.3) is 0 Å². The maximum atomic E-state index is 11.4. The van der Waals surface area contributed by atoms with Gasteiger partial charge in [0.2, 0.25) is 5.91 Å². The largest absolute Gasteiger partial charge is 0.325 e. The molecule has 2 aliphatic rings. The van der Waals surface area contributed by atoms with Crippen molar-refractivity contribution in [3.8, 4) is 0 Å². The van der Waals surface area contributed by atoms with Gasteiger partial charge in [0.1, 0.15) is 0 Å². The van der Waals surface area contributed by atoms with E-state index in [0.717, 1.165) is 34.2 Å². The van der Waals surface area contributed by atoms with Crippen LogP contribution in [0.15, 0.2) is 12.1 Å². The van der Waals surface area contributed by atoms with E-state index < -0.39 is 0 Å². The fraction of sp³-hybridized carbons (Fsp3) is 0.562. The molecule has 1 aliphatic carbocycles. The highest BCUT2D eigenvalue weighted by atomic mass is 79.9. The Morgan fingerprint density at radius 1 is 1.35 bits per heavy atom. The molecule has 4 heteroatoms. The molecule has 1 fully saturated rings. The monoisotopic (exact) mass is 355 g/mol. The first kappa shape index (κ1) is 14.4. The van der Waals surface area contributed by atoms with Gasteiger partial charge >= 0.3 is 0 Å². The number of carbonyl (C=O) groups excluding carboxylic acids is 1. The number of hydrogen-bond donors (Lipinski definition) is 1. The third kappa shape index (κ3) is 3.04. The lowest BCUT2D eigenvalue weighted by Gasteiger charge is -2.16. The summed E-state index contributed by atoms with van der Waals surface area (Å²) in [5.41, 5.74) is 3.07. The summed E-state index contributed by atoms with van der Waals surface area (Å²) < 4.78 is 0. The molecule has 1 aliphatic heterocycles. The molecule has 1 N–H and O–H groups in total. The first-order chi connectivity index (χ1) is 9.63. The predicted molar refractivity (Wildman–Crippen MR) is 86.6 cm³/mol. The number of hydrogen-bond acceptors (Lipinski definition) is 1. The van der Waals surface area contributed by atoms with Crippen molar-refractivity contribution in [2.45, 2.75) is 49.8 Å². The zero-order chi connectivity index (χ0) is 14.1. The van der Waals surface area contributed by atoms with E-state index in [-0.39, 0.29) is 10.7 Å². The van der Waals surface area contributed by atoms with Crippen molar-refractivity contribution in [3.63, 3.8) is 0 Å². The summed E-state index contributed by atoms with van der Waals surface area (Å²) in [6.07, 6.45) is 8.41. The molecule has 0 saturated heterocycles. The van der Waals surface area contributed by atoms with Gasteiger partial charge in [0, 0.05) is 15.5 Å². The Balaban J connectivity index is 1.69. The van der Waals surface area contributed by atoms with Crippen molar-refractivity contribution in [1.29, 1.82) is 0 Å². The Hall–Kier alpha value is -0.540. The standard InChI is InChI=1S/C16H19BrClNO/c17-13(6-5-10-3-1-2-4-10)12-7-11-8-16(20)19-15(11)9-14(12)18/h7,9-10,13H,1-6,8H2,(H,19,20). The highest BCUT2D eigenvalue weighted by Gasteiger charge is 2.23. The highest BCUT2D eigenvalue weighted by Crippen LogP contribution is 2.40. The van der Waals surface area contributed by atoms with Gasteiger partial charge in [-0.1, -0.05) is 59.3 Å². The summed E-state index contributed by atoms with van der Waals surface area (Å²) >= 11 is 10.1. The Morgan fingerprint density at radius 3 is 2.85 bits per heavy atom. The molecule has 1 amide bonds. The van der Waals surface area contributed by atoms with Crippen LogP contribution >= 0.6 is 27.5 Å². The average Bonchev–Trinajstić information content (AvgIpc) is 3.03. The summed E-state index contributed by atoms with van der Waals surface area (Å²) in [5, 5.41) is 3.59. The molecule has 1 unspecified atom stereocenters. The topological polar surface area (TPSA) is 29.1 Å². The smallest absolute Gasteiger partial charge is 0.228 e. The molecule has 1 saturated carbocycles. The minimum atomic E-state index is 0.0605. The fourth-order valence-corrected chi connectivity index (χ4v) is 4.41. The normalized spacial score (nSPS) is 20.0. The van der Waals surface area contributed by atoms with E-state index in [1.54, 1.807) is 0 Å². The lowest BCUT2D eigenvalue weighted by molar-refractivity contribution is -0.115. The van der Waals surface area contributed by atoms with E-state index in [0.29, 0.717) is 6.42 Å². The number of halogens is 2. The lowest BCUT2D eigenvalue weighted by Crippen LogP contribution is -2.03. The van der Waals surface area contributed by atoms with Crippen molar-refractivity contribution in [3.05, 3.63) is 28.3 Å². The first-order valence-corrected chi connectivity index (χ1v) is 8.69. The second kappa shape index (κ2) is 6.07. The number of nitrogens with one attached hydrogen (secondary N) is 1. The molecule has 1 atom stereocenters. The fourth-order valence-electron chi connectivity index (χ4n) is 3.34. The van der Waals surface area contributed by atoms with Crippen molar-refractivity contribution < 1.29 is 4.79 Å². The van der Waals surface area contributed by atoms with Gasteiger partial charge in [-0.25, -0.2) is 0 Å². The Morgan fingerprint density at radius 2 is 2.10 bits per heavy atom. The van der Waals surface area contributed by atoms with Crippen LogP contribution in [0.1, 0.15) is 54.5 Å². The van der Waals surface area contributed by atoms with Crippen LogP contribution in [0.4, 0.5) is 5.69 Å². The number of alkyl halides is 1. The Kier molecular flexibility index (Phi) is 4.37. The van der Waals surface area contributed by atoms with Crippen LogP contribution in [-0.4, -0.2) is 5.91 Å². The molecule has 0 spiro atoms. The van der Waals surface area contributed by atoms with Gasteiger partial charge in [-0.05, 0) is 36.0 Å². The van der Waals surface area contributed by atoms with Crippen molar-refractivity contribution in [2.24, 2.45) is 5.92 Å². The maximum absolute atomic E-state index is 11.4. The lowest BCUT2D eigenvalue weighted by atomic mass is 9.97. The van der Waals surface area contributed by atoms with E-state index in [9.17, 15) is 4.79 Å².